The van der Waals surface area contributed by atoms with Crippen LogP contribution in [-0.4, -0.2) is 20.1 Å². The molecule has 2 nitrogen and oxygen atoms in total. The molecule has 0 amide bonds. The Morgan fingerprint density at radius 2 is 1.71 bits per heavy atom. The maximum absolute atomic E-state index is 3.43. The van der Waals surface area contributed by atoms with E-state index in [9.17, 15) is 0 Å². The molecule has 0 saturated heterocycles. The van der Waals surface area contributed by atoms with Gasteiger partial charge in [-0.15, -0.1) is 0 Å². The van der Waals surface area contributed by atoms with Crippen LogP contribution in [0, 0.1) is 0 Å². The predicted octanol–water partition coefficient (Wildman–Crippen LogP) is 1.78. The molecule has 0 heterocycles. The standard InChI is InChI=1S/C12H20N2/c1-13-9-5-6-10-14-11-12-7-3-2-4-8-12/h2-4,7-8,13-14H,5-6,9-11H2,1H3. The van der Waals surface area contributed by atoms with Gasteiger partial charge >= 0.3 is 0 Å². The highest BCUT2D eigenvalue weighted by molar-refractivity contribution is 5.14. The Balaban J connectivity index is 1.99. The first kappa shape index (κ1) is 11.2. The topological polar surface area (TPSA) is 24.1 Å². The van der Waals surface area contributed by atoms with E-state index in [-0.39, 0.29) is 0 Å². The van der Waals surface area contributed by atoms with E-state index in [1.807, 2.05) is 7.05 Å². The zero-order valence-electron chi connectivity index (χ0n) is 8.92. The van der Waals surface area contributed by atoms with Crippen molar-refractivity contribution in [2.45, 2.75) is 19.4 Å². The first-order valence-electron chi connectivity index (χ1n) is 5.32. The lowest BCUT2D eigenvalue weighted by Crippen LogP contribution is -2.16. The van der Waals surface area contributed by atoms with Crippen LogP contribution in [-0.2, 0) is 6.54 Å². The highest BCUT2D eigenvalue weighted by atomic mass is 14.8. The Morgan fingerprint density at radius 3 is 2.43 bits per heavy atom. The minimum atomic E-state index is 0.987. The number of unbranched alkanes of at least 4 members (excludes halogenated alkanes) is 1. The van der Waals surface area contributed by atoms with Crippen LogP contribution in [0.15, 0.2) is 30.3 Å². The van der Waals surface area contributed by atoms with E-state index in [4.69, 9.17) is 0 Å². The highest BCUT2D eigenvalue weighted by Crippen LogP contribution is 1.97. The summed E-state index contributed by atoms with van der Waals surface area (Å²) in [5.41, 5.74) is 1.36. The van der Waals surface area contributed by atoms with Crippen LogP contribution in [0.1, 0.15) is 18.4 Å². The molecule has 0 aliphatic rings. The van der Waals surface area contributed by atoms with E-state index >= 15 is 0 Å². The molecule has 0 radical (unpaired) electrons. The van der Waals surface area contributed by atoms with Gasteiger partial charge in [0.15, 0.2) is 0 Å². The molecule has 0 aromatic heterocycles. The second-order valence-corrected chi connectivity index (χ2v) is 3.47. The molecule has 0 atom stereocenters. The fourth-order valence-electron chi connectivity index (χ4n) is 1.38. The summed E-state index contributed by atoms with van der Waals surface area (Å²) in [5.74, 6) is 0. The lowest BCUT2D eigenvalue weighted by Gasteiger charge is -2.04. The van der Waals surface area contributed by atoms with Crippen LogP contribution in [0.4, 0.5) is 0 Å². The molecule has 0 fully saturated rings. The van der Waals surface area contributed by atoms with Crippen LogP contribution in [0.5, 0.6) is 0 Å². The third-order valence-corrected chi connectivity index (χ3v) is 2.20. The summed E-state index contributed by atoms with van der Waals surface area (Å²) < 4.78 is 0. The average molecular weight is 192 g/mol. The van der Waals surface area contributed by atoms with Gasteiger partial charge in [-0.1, -0.05) is 30.3 Å². The van der Waals surface area contributed by atoms with Crippen molar-refractivity contribution < 1.29 is 0 Å². The largest absolute Gasteiger partial charge is 0.320 e. The minimum Gasteiger partial charge on any atom is -0.320 e. The maximum atomic E-state index is 3.43. The SMILES string of the molecule is CNCCCCNCc1ccccc1. The first-order chi connectivity index (χ1) is 6.93. The van der Waals surface area contributed by atoms with Gasteiger partial charge in [0.05, 0.1) is 0 Å². The molecular weight excluding hydrogens is 172 g/mol. The molecule has 78 valence electrons. The zero-order valence-corrected chi connectivity index (χ0v) is 8.92. The molecule has 2 heteroatoms. The van der Waals surface area contributed by atoms with Gasteiger partial charge in [0.25, 0.3) is 0 Å². The summed E-state index contributed by atoms with van der Waals surface area (Å²) in [6.07, 6.45) is 2.49. The van der Waals surface area contributed by atoms with Crippen LogP contribution in [0.3, 0.4) is 0 Å². The van der Waals surface area contributed by atoms with Crippen molar-refractivity contribution in [1.29, 1.82) is 0 Å². The lowest BCUT2D eigenvalue weighted by molar-refractivity contribution is 0.605. The number of hydrogen-bond acceptors (Lipinski definition) is 2. The molecule has 1 rings (SSSR count). The number of rotatable bonds is 7. The van der Waals surface area contributed by atoms with Crippen LogP contribution >= 0.6 is 0 Å². The number of benzene rings is 1. The van der Waals surface area contributed by atoms with Gasteiger partial charge in [0.1, 0.15) is 0 Å². The molecular formula is C12H20N2. The van der Waals surface area contributed by atoms with Gasteiger partial charge in [-0.05, 0) is 38.5 Å². The van der Waals surface area contributed by atoms with Crippen molar-refractivity contribution >= 4 is 0 Å². The summed E-state index contributed by atoms with van der Waals surface area (Å²) in [6, 6.07) is 10.5. The Labute approximate surface area is 86.7 Å². The van der Waals surface area contributed by atoms with Crippen LogP contribution < -0.4 is 10.6 Å². The van der Waals surface area contributed by atoms with E-state index in [0.717, 1.165) is 19.6 Å². The van der Waals surface area contributed by atoms with Gasteiger partial charge in [-0.25, -0.2) is 0 Å². The predicted molar refractivity (Wildman–Crippen MR) is 61.3 cm³/mol. The normalized spacial score (nSPS) is 10.4. The fraction of sp³-hybridized carbons (Fsp3) is 0.500. The van der Waals surface area contributed by atoms with Crippen molar-refractivity contribution in [2.75, 3.05) is 20.1 Å². The van der Waals surface area contributed by atoms with Crippen molar-refractivity contribution in [3.05, 3.63) is 35.9 Å². The Morgan fingerprint density at radius 1 is 1.00 bits per heavy atom. The van der Waals surface area contributed by atoms with Gasteiger partial charge in [0, 0.05) is 6.54 Å². The van der Waals surface area contributed by atoms with Crippen molar-refractivity contribution in [3.63, 3.8) is 0 Å². The minimum absolute atomic E-state index is 0.987. The molecule has 0 aliphatic carbocycles. The third-order valence-electron chi connectivity index (χ3n) is 2.20. The molecule has 1 aromatic rings. The maximum Gasteiger partial charge on any atom is 0.0205 e. The quantitative estimate of drug-likeness (QED) is 0.643. The molecule has 0 spiro atoms. The molecule has 2 N–H and O–H groups in total. The average Bonchev–Trinajstić information content (AvgIpc) is 2.25. The second-order valence-electron chi connectivity index (χ2n) is 3.47. The number of nitrogens with one attached hydrogen (secondary N) is 2. The summed E-state index contributed by atoms with van der Waals surface area (Å²) in [4.78, 5) is 0. The number of hydrogen-bond donors (Lipinski definition) is 2. The summed E-state index contributed by atoms with van der Waals surface area (Å²) in [7, 11) is 2.00. The van der Waals surface area contributed by atoms with Gasteiger partial charge in [-0.3, -0.25) is 0 Å². The second kappa shape index (κ2) is 7.54. The fourth-order valence-corrected chi connectivity index (χ4v) is 1.38. The van der Waals surface area contributed by atoms with Crippen LogP contribution in [0.25, 0.3) is 0 Å². The molecule has 0 saturated carbocycles. The third kappa shape index (κ3) is 5.00. The van der Waals surface area contributed by atoms with E-state index < -0.39 is 0 Å². The lowest BCUT2D eigenvalue weighted by atomic mass is 10.2. The molecule has 0 aliphatic heterocycles. The summed E-state index contributed by atoms with van der Waals surface area (Å²) in [6.45, 7) is 3.21. The Hall–Kier alpha value is -0.860. The molecule has 0 bridgehead atoms. The van der Waals surface area contributed by atoms with Crippen molar-refractivity contribution in [2.24, 2.45) is 0 Å². The van der Waals surface area contributed by atoms with Gasteiger partial charge in [-0.2, -0.15) is 0 Å². The van der Waals surface area contributed by atoms with E-state index in [2.05, 4.69) is 41.0 Å². The smallest absolute Gasteiger partial charge is 0.0205 e. The van der Waals surface area contributed by atoms with E-state index in [0.29, 0.717) is 0 Å². The van der Waals surface area contributed by atoms with Crippen molar-refractivity contribution in [3.8, 4) is 0 Å². The summed E-state index contributed by atoms with van der Waals surface area (Å²) >= 11 is 0. The zero-order chi connectivity index (χ0) is 10.1. The Kier molecular flexibility index (Phi) is 6.04. The molecule has 1 aromatic carbocycles. The monoisotopic (exact) mass is 192 g/mol. The molecule has 0 unspecified atom stereocenters. The molecule has 14 heavy (non-hydrogen) atoms. The first-order valence-corrected chi connectivity index (χ1v) is 5.32. The Bertz CT molecular complexity index is 221. The van der Waals surface area contributed by atoms with E-state index in [1.54, 1.807) is 0 Å². The van der Waals surface area contributed by atoms with Gasteiger partial charge in [0.2, 0.25) is 0 Å². The van der Waals surface area contributed by atoms with E-state index in [1.165, 1.54) is 18.4 Å². The van der Waals surface area contributed by atoms with Crippen molar-refractivity contribution in [1.82, 2.24) is 10.6 Å². The van der Waals surface area contributed by atoms with Crippen LogP contribution in [0.2, 0.25) is 0 Å². The van der Waals surface area contributed by atoms with Gasteiger partial charge < -0.3 is 10.6 Å². The summed E-state index contributed by atoms with van der Waals surface area (Å²) in [5, 5.41) is 6.58. The highest BCUT2D eigenvalue weighted by Gasteiger charge is 1.90.